The molecule has 1 fully saturated rings. The van der Waals surface area contributed by atoms with Gasteiger partial charge < -0.3 is 10.0 Å². The smallest absolute Gasteiger partial charge is 0.0957 e. The third kappa shape index (κ3) is 2.35. The van der Waals surface area contributed by atoms with Crippen LogP contribution in [0, 0.1) is 0 Å². The first-order chi connectivity index (χ1) is 7.76. The molecule has 0 unspecified atom stereocenters. The largest absolute Gasteiger partial charge is 0.387 e. The van der Waals surface area contributed by atoms with Crippen molar-refractivity contribution in [3.63, 3.8) is 0 Å². The molecule has 0 bridgehead atoms. The number of hydrogen-bond acceptors (Lipinski definition) is 3. The van der Waals surface area contributed by atoms with E-state index in [0.29, 0.717) is 12.5 Å². The Hall–Kier alpha value is -1.09. The van der Waals surface area contributed by atoms with Gasteiger partial charge in [-0.05, 0) is 38.3 Å². The second-order valence-electron chi connectivity index (χ2n) is 4.38. The maximum absolute atomic E-state index is 9.66. The SMILES string of the molecule is CC[C@H](O)c1ccc(N(CC)C2CC2)cn1. The topological polar surface area (TPSA) is 36.4 Å². The van der Waals surface area contributed by atoms with Crippen molar-refractivity contribution in [1.29, 1.82) is 0 Å². The number of anilines is 1. The molecular weight excluding hydrogens is 200 g/mol. The number of hydrogen-bond donors (Lipinski definition) is 1. The fourth-order valence-corrected chi connectivity index (χ4v) is 2.01. The molecule has 0 aliphatic heterocycles. The molecule has 0 spiro atoms. The van der Waals surface area contributed by atoms with E-state index in [1.54, 1.807) is 0 Å². The molecule has 0 radical (unpaired) electrons. The van der Waals surface area contributed by atoms with E-state index in [1.807, 2.05) is 19.2 Å². The van der Waals surface area contributed by atoms with Gasteiger partial charge in [0.15, 0.2) is 0 Å². The van der Waals surface area contributed by atoms with Crippen molar-refractivity contribution in [2.45, 2.75) is 45.3 Å². The summed E-state index contributed by atoms with van der Waals surface area (Å²) in [4.78, 5) is 6.72. The molecule has 0 aromatic carbocycles. The van der Waals surface area contributed by atoms with Crippen LogP contribution in [0.5, 0.6) is 0 Å². The molecule has 1 N–H and O–H groups in total. The minimum absolute atomic E-state index is 0.426. The predicted molar refractivity (Wildman–Crippen MR) is 65.5 cm³/mol. The van der Waals surface area contributed by atoms with Crippen LogP contribution in [-0.4, -0.2) is 22.7 Å². The van der Waals surface area contributed by atoms with Gasteiger partial charge >= 0.3 is 0 Å². The third-order valence-corrected chi connectivity index (χ3v) is 3.16. The molecule has 16 heavy (non-hydrogen) atoms. The molecule has 88 valence electrons. The molecule has 1 atom stereocenters. The Labute approximate surface area is 97.1 Å². The standard InChI is InChI=1S/C13H20N2O/c1-3-13(16)12-8-7-11(9-14-12)15(4-2)10-5-6-10/h7-10,13,16H,3-6H2,1-2H3/t13-/m0/s1. The lowest BCUT2D eigenvalue weighted by Crippen LogP contribution is -2.25. The van der Waals surface area contributed by atoms with Crippen LogP contribution in [-0.2, 0) is 0 Å². The van der Waals surface area contributed by atoms with Gasteiger partial charge in [-0.25, -0.2) is 0 Å². The Morgan fingerprint density at radius 1 is 1.44 bits per heavy atom. The van der Waals surface area contributed by atoms with Crippen LogP contribution < -0.4 is 4.90 Å². The summed E-state index contributed by atoms with van der Waals surface area (Å²) in [5.74, 6) is 0. The average molecular weight is 220 g/mol. The maximum Gasteiger partial charge on any atom is 0.0957 e. The van der Waals surface area contributed by atoms with Crippen molar-refractivity contribution in [2.24, 2.45) is 0 Å². The summed E-state index contributed by atoms with van der Waals surface area (Å²) in [7, 11) is 0. The number of nitrogens with zero attached hydrogens (tertiary/aromatic N) is 2. The molecule has 1 aromatic heterocycles. The second kappa shape index (κ2) is 4.83. The van der Waals surface area contributed by atoms with Crippen molar-refractivity contribution in [3.8, 4) is 0 Å². The van der Waals surface area contributed by atoms with E-state index in [1.165, 1.54) is 18.5 Å². The van der Waals surface area contributed by atoms with Crippen LogP contribution >= 0.6 is 0 Å². The summed E-state index contributed by atoms with van der Waals surface area (Å²) >= 11 is 0. The number of rotatable bonds is 5. The summed E-state index contributed by atoms with van der Waals surface area (Å²) < 4.78 is 0. The lowest BCUT2D eigenvalue weighted by molar-refractivity contribution is 0.169. The van der Waals surface area contributed by atoms with Crippen molar-refractivity contribution in [2.75, 3.05) is 11.4 Å². The van der Waals surface area contributed by atoms with Gasteiger partial charge in [-0.15, -0.1) is 0 Å². The van der Waals surface area contributed by atoms with Gasteiger partial charge in [0, 0.05) is 12.6 Å². The average Bonchev–Trinajstić information content (AvgIpc) is 3.14. The zero-order chi connectivity index (χ0) is 11.5. The van der Waals surface area contributed by atoms with Crippen molar-refractivity contribution < 1.29 is 5.11 Å². The fourth-order valence-electron chi connectivity index (χ4n) is 2.01. The third-order valence-electron chi connectivity index (χ3n) is 3.16. The highest BCUT2D eigenvalue weighted by Gasteiger charge is 2.28. The monoisotopic (exact) mass is 220 g/mol. The molecule has 3 heteroatoms. The van der Waals surface area contributed by atoms with E-state index >= 15 is 0 Å². The Balaban J connectivity index is 2.11. The normalized spacial score (nSPS) is 17.2. The summed E-state index contributed by atoms with van der Waals surface area (Å²) in [5, 5.41) is 9.66. The highest BCUT2D eigenvalue weighted by Crippen LogP contribution is 2.31. The molecule has 2 rings (SSSR count). The van der Waals surface area contributed by atoms with Gasteiger partial charge in [-0.1, -0.05) is 6.92 Å². The first-order valence-electron chi connectivity index (χ1n) is 6.17. The zero-order valence-electron chi connectivity index (χ0n) is 10.1. The van der Waals surface area contributed by atoms with Crippen LogP contribution in [0.15, 0.2) is 18.3 Å². The van der Waals surface area contributed by atoms with E-state index in [9.17, 15) is 5.11 Å². The Kier molecular flexibility index (Phi) is 3.44. The van der Waals surface area contributed by atoms with E-state index < -0.39 is 6.10 Å². The van der Waals surface area contributed by atoms with Gasteiger partial charge in [0.05, 0.1) is 23.7 Å². The summed E-state index contributed by atoms with van der Waals surface area (Å²) in [6.07, 6.45) is 4.77. The molecule has 1 saturated carbocycles. The quantitative estimate of drug-likeness (QED) is 0.828. The lowest BCUT2D eigenvalue weighted by Gasteiger charge is -2.22. The summed E-state index contributed by atoms with van der Waals surface area (Å²) in [6.45, 7) is 5.16. The van der Waals surface area contributed by atoms with Crippen LogP contribution in [0.3, 0.4) is 0 Å². The van der Waals surface area contributed by atoms with Crippen LogP contribution in [0.25, 0.3) is 0 Å². The lowest BCUT2D eigenvalue weighted by atomic mass is 10.2. The Morgan fingerprint density at radius 3 is 2.62 bits per heavy atom. The fraction of sp³-hybridized carbons (Fsp3) is 0.615. The minimum atomic E-state index is -0.426. The van der Waals surface area contributed by atoms with Gasteiger partial charge in [0.2, 0.25) is 0 Å². The first kappa shape index (κ1) is 11.4. The van der Waals surface area contributed by atoms with E-state index in [2.05, 4.69) is 22.9 Å². The highest BCUT2D eigenvalue weighted by molar-refractivity contribution is 5.47. The van der Waals surface area contributed by atoms with Crippen LogP contribution in [0.2, 0.25) is 0 Å². The summed E-state index contributed by atoms with van der Waals surface area (Å²) in [5.41, 5.74) is 1.95. The molecule has 1 aromatic rings. The Morgan fingerprint density at radius 2 is 2.19 bits per heavy atom. The second-order valence-corrected chi connectivity index (χ2v) is 4.38. The minimum Gasteiger partial charge on any atom is -0.387 e. The number of aliphatic hydroxyl groups excluding tert-OH is 1. The number of pyridine rings is 1. The van der Waals surface area contributed by atoms with E-state index in [0.717, 1.165) is 12.2 Å². The number of aliphatic hydroxyl groups is 1. The maximum atomic E-state index is 9.66. The molecule has 1 heterocycles. The molecule has 1 aliphatic rings. The summed E-state index contributed by atoms with van der Waals surface area (Å²) in [6, 6.07) is 4.73. The van der Waals surface area contributed by atoms with Gasteiger partial charge in [-0.3, -0.25) is 4.98 Å². The number of aromatic nitrogens is 1. The zero-order valence-corrected chi connectivity index (χ0v) is 10.1. The molecule has 1 aliphatic carbocycles. The molecule has 3 nitrogen and oxygen atoms in total. The first-order valence-corrected chi connectivity index (χ1v) is 6.17. The Bertz CT molecular complexity index is 332. The van der Waals surface area contributed by atoms with Crippen LogP contribution in [0.4, 0.5) is 5.69 Å². The van der Waals surface area contributed by atoms with Crippen LogP contribution in [0.1, 0.15) is 44.9 Å². The van der Waals surface area contributed by atoms with Crippen molar-refractivity contribution in [3.05, 3.63) is 24.0 Å². The van der Waals surface area contributed by atoms with E-state index in [4.69, 9.17) is 0 Å². The van der Waals surface area contributed by atoms with E-state index in [-0.39, 0.29) is 0 Å². The van der Waals surface area contributed by atoms with Gasteiger partial charge in [0.1, 0.15) is 0 Å². The predicted octanol–water partition coefficient (Wildman–Crippen LogP) is 2.51. The van der Waals surface area contributed by atoms with Gasteiger partial charge in [0.25, 0.3) is 0 Å². The molecule has 0 amide bonds. The van der Waals surface area contributed by atoms with Crippen molar-refractivity contribution >= 4 is 5.69 Å². The molecule has 0 saturated heterocycles. The highest BCUT2D eigenvalue weighted by atomic mass is 16.3. The van der Waals surface area contributed by atoms with Gasteiger partial charge in [-0.2, -0.15) is 0 Å². The van der Waals surface area contributed by atoms with Crippen molar-refractivity contribution in [1.82, 2.24) is 4.98 Å². The molecular formula is C13H20N2O.